The van der Waals surface area contributed by atoms with Gasteiger partial charge in [-0.05, 0) is 55.2 Å². The molecule has 4 N–H and O–H groups in total. The average molecular weight is 466 g/mol. The summed E-state index contributed by atoms with van der Waals surface area (Å²) in [4.78, 5) is 24.1. The molecule has 3 rings (SSSR count). The third kappa shape index (κ3) is 7.26. The van der Waals surface area contributed by atoms with E-state index in [2.05, 4.69) is 22.8 Å². The average Bonchev–Trinajstić information content (AvgIpc) is 2.79. The number of amides is 3. The lowest BCUT2D eigenvalue weighted by Gasteiger charge is -2.20. The van der Waals surface area contributed by atoms with Gasteiger partial charge < -0.3 is 21.1 Å². The summed E-state index contributed by atoms with van der Waals surface area (Å²) in [7, 11) is 0. The minimum atomic E-state index is -0.646. The van der Waals surface area contributed by atoms with Gasteiger partial charge in [0.1, 0.15) is 5.75 Å². The van der Waals surface area contributed by atoms with Crippen molar-refractivity contribution in [2.75, 3.05) is 6.54 Å². The predicted octanol–water partition coefficient (Wildman–Crippen LogP) is 4.80. The molecule has 172 valence electrons. The van der Waals surface area contributed by atoms with E-state index in [1.807, 2.05) is 56.3 Å². The number of hydrogen-bond donors (Lipinski definition) is 3. The second-order valence-corrected chi connectivity index (χ2v) is 8.40. The van der Waals surface area contributed by atoms with Crippen molar-refractivity contribution >= 4 is 23.5 Å². The molecule has 0 saturated carbocycles. The van der Waals surface area contributed by atoms with E-state index in [4.69, 9.17) is 22.1 Å². The van der Waals surface area contributed by atoms with Crippen LogP contribution in [-0.4, -0.2) is 30.6 Å². The third-order valence-electron chi connectivity index (χ3n) is 4.96. The minimum absolute atomic E-state index is 0.0280. The Morgan fingerprint density at radius 2 is 1.64 bits per heavy atom. The lowest BCUT2D eigenvalue weighted by atomic mass is 10.0. The zero-order chi connectivity index (χ0) is 23.8. The van der Waals surface area contributed by atoms with Gasteiger partial charge in [-0.1, -0.05) is 66.2 Å². The highest BCUT2D eigenvalue weighted by Crippen LogP contribution is 2.26. The van der Waals surface area contributed by atoms with E-state index in [-0.39, 0.29) is 24.6 Å². The van der Waals surface area contributed by atoms with E-state index in [1.165, 1.54) is 0 Å². The number of nitrogens with one attached hydrogen (secondary N) is 2. The Morgan fingerprint density at radius 1 is 0.970 bits per heavy atom. The summed E-state index contributed by atoms with van der Waals surface area (Å²) < 4.78 is 5.62. The number of rotatable bonds is 9. The van der Waals surface area contributed by atoms with Crippen LogP contribution >= 0.6 is 11.6 Å². The van der Waals surface area contributed by atoms with Crippen LogP contribution < -0.4 is 21.1 Å². The molecule has 0 aliphatic rings. The van der Waals surface area contributed by atoms with Crippen LogP contribution in [0.15, 0.2) is 72.8 Å². The van der Waals surface area contributed by atoms with Gasteiger partial charge in [-0.3, -0.25) is 4.79 Å². The van der Waals surface area contributed by atoms with Crippen molar-refractivity contribution in [3.63, 3.8) is 0 Å². The fourth-order valence-electron chi connectivity index (χ4n) is 3.41. The monoisotopic (exact) mass is 465 g/mol. The number of carbonyl (C=O) groups excluding carboxylic acids is 2. The van der Waals surface area contributed by atoms with Crippen LogP contribution in [0.3, 0.4) is 0 Å². The van der Waals surface area contributed by atoms with E-state index in [9.17, 15) is 9.59 Å². The summed E-state index contributed by atoms with van der Waals surface area (Å²) in [5.74, 6) is 0.221. The maximum Gasteiger partial charge on any atom is 0.312 e. The molecule has 7 heteroatoms. The minimum Gasteiger partial charge on any atom is -0.489 e. The Labute approximate surface area is 199 Å². The summed E-state index contributed by atoms with van der Waals surface area (Å²) in [5, 5.41) is 5.90. The molecule has 0 spiro atoms. The number of hydrogen-bond acceptors (Lipinski definition) is 3. The smallest absolute Gasteiger partial charge is 0.312 e. The highest BCUT2D eigenvalue weighted by molar-refractivity contribution is 6.32. The van der Waals surface area contributed by atoms with Gasteiger partial charge >= 0.3 is 6.03 Å². The summed E-state index contributed by atoms with van der Waals surface area (Å²) in [6.07, 6.45) is 0.489. The SMILES string of the molecule is CC(C)Oc1ccc(C(=O)N[C@H](CNC(N)=O)Cc2ccc(-c3ccccc3)cc2)cc1Cl. The molecule has 0 radical (unpaired) electrons. The van der Waals surface area contributed by atoms with Crippen molar-refractivity contribution < 1.29 is 14.3 Å². The van der Waals surface area contributed by atoms with Gasteiger partial charge in [0.25, 0.3) is 5.91 Å². The first-order chi connectivity index (χ1) is 15.8. The van der Waals surface area contributed by atoms with Crippen molar-refractivity contribution in [2.45, 2.75) is 32.4 Å². The summed E-state index contributed by atoms with van der Waals surface area (Å²) in [6.45, 7) is 4.00. The Bertz CT molecular complexity index is 1090. The quantitative estimate of drug-likeness (QED) is 0.423. The number of primary amides is 1. The number of urea groups is 1. The van der Waals surface area contributed by atoms with Crippen LogP contribution in [0.5, 0.6) is 5.75 Å². The number of benzene rings is 3. The first-order valence-corrected chi connectivity index (χ1v) is 11.1. The molecular formula is C26H28ClN3O3. The molecular weight excluding hydrogens is 438 g/mol. The molecule has 3 amide bonds. The van der Waals surface area contributed by atoms with Crippen molar-refractivity contribution in [1.82, 2.24) is 10.6 Å². The fourth-order valence-corrected chi connectivity index (χ4v) is 3.63. The van der Waals surface area contributed by atoms with Gasteiger partial charge in [0, 0.05) is 12.1 Å². The lowest BCUT2D eigenvalue weighted by Crippen LogP contribution is -2.46. The topological polar surface area (TPSA) is 93.4 Å². The van der Waals surface area contributed by atoms with Gasteiger partial charge in [-0.2, -0.15) is 0 Å². The number of halogens is 1. The maximum atomic E-state index is 12.9. The van der Waals surface area contributed by atoms with Crippen molar-refractivity contribution in [3.05, 3.63) is 88.9 Å². The molecule has 3 aromatic carbocycles. The standard InChI is InChI=1S/C26H28ClN3O3/c1-17(2)33-24-13-12-21(15-23(24)27)25(31)30-22(16-29-26(28)32)14-18-8-10-20(11-9-18)19-6-4-3-5-7-19/h3-13,15,17,22H,14,16H2,1-2H3,(H,30,31)(H3,28,29,32)/t22-/m0/s1. The number of carbonyl (C=O) groups is 2. The predicted molar refractivity (Wildman–Crippen MR) is 132 cm³/mol. The molecule has 0 fully saturated rings. The Hall–Kier alpha value is -3.51. The highest BCUT2D eigenvalue weighted by Gasteiger charge is 2.17. The van der Waals surface area contributed by atoms with E-state index >= 15 is 0 Å². The molecule has 0 heterocycles. The fraction of sp³-hybridized carbons (Fsp3) is 0.231. The largest absolute Gasteiger partial charge is 0.489 e. The Balaban J connectivity index is 1.71. The van der Waals surface area contributed by atoms with Gasteiger partial charge in [0.15, 0.2) is 0 Å². The lowest BCUT2D eigenvalue weighted by molar-refractivity contribution is 0.0936. The summed E-state index contributed by atoms with van der Waals surface area (Å²) >= 11 is 6.27. The van der Waals surface area contributed by atoms with Crippen LogP contribution in [0.2, 0.25) is 5.02 Å². The Kier molecular flexibility index (Phi) is 8.33. The number of ether oxygens (including phenoxy) is 1. The van der Waals surface area contributed by atoms with E-state index in [0.29, 0.717) is 22.8 Å². The molecule has 33 heavy (non-hydrogen) atoms. The van der Waals surface area contributed by atoms with Crippen LogP contribution in [-0.2, 0) is 6.42 Å². The molecule has 1 atom stereocenters. The first-order valence-electron chi connectivity index (χ1n) is 10.8. The zero-order valence-corrected chi connectivity index (χ0v) is 19.4. The van der Waals surface area contributed by atoms with E-state index in [1.54, 1.807) is 18.2 Å². The van der Waals surface area contributed by atoms with Crippen molar-refractivity contribution in [3.8, 4) is 16.9 Å². The van der Waals surface area contributed by atoms with Crippen LogP contribution in [0, 0.1) is 0 Å². The van der Waals surface area contributed by atoms with Crippen LogP contribution in [0.25, 0.3) is 11.1 Å². The maximum absolute atomic E-state index is 12.9. The zero-order valence-electron chi connectivity index (χ0n) is 18.7. The normalized spacial score (nSPS) is 11.6. The third-order valence-corrected chi connectivity index (χ3v) is 5.25. The van der Waals surface area contributed by atoms with Gasteiger partial charge in [-0.25, -0.2) is 4.79 Å². The summed E-state index contributed by atoms with van der Waals surface area (Å²) in [6, 6.07) is 22.1. The van der Waals surface area contributed by atoms with Gasteiger partial charge in [0.2, 0.25) is 0 Å². The summed E-state index contributed by atoms with van der Waals surface area (Å²) in [5.41, 5.74) is 8.90. The van der Waals surface area contributed by atoms with Crippen molar-refractivity contribution in [1.29, 1.82) is 0 Å². The molecule has 0 aliphatic heterocycles. The first kappa shape index (κ1) is 24.1. The van der Waals surface area contributed by atoms with Crippen LogP contribution in [0.1, 0.15) is 29.8 Å². The Morgan fingerprint density at radius 3 is 2.24 bits per heavy atom. The molecule has 0 bridgehead atoms. The molecule has 6 nitrogen and oxygen atoms in total. The molecule has 3 aromatic rings. The van der Waals surface area contributed by atoms with Gasteiger partial charge in [0.05, 0.1) is 17.2 Å². The van der Waals surface area contributed by atoms with Crippen molar-refractivity contribution in [2.24, 2.45) is 5.73 Å². The second kappa shape index (κ2) is 11.4. The van der Waals surface area contributed by atoms with Crippen LogP contribution in [0.4, 0.5) is 4.79 Å². The molecule has 0 aliphatic carbocycles. The van der Waals surface area contributed by atoms with E-state index < -0.39 is 6.03 Å². The van der Waals surface area contributed by atoms with Gasteiger partial charge in [-0.15, -0.1) is 0 Å². The molecule has 0 aromatic heterocycles. The molecule has 0 unspecified atom stereocenters. The second-order valence-electron chi connectivity index (χ2n) is 7.99. The van der Waals surface area contributed by atoms with E-state index in [0.717, 1.165) is 16.7 Å². The number of nitrogens with two attached hydrogens (primary N) is 1. The highest BCUT2D eigenvalue weighted by atomic mass is 35.5. The molecule has 0 saturated heterocycles.